The quantitative estimate of drug-likeness (QED) is 0.556. The molecular formula is C7H12O4. The van der Waals surface area contributed by atoms with Crippen molar-refractivity contribution < 1.29 is 19.0 Å². The Hall–Kier alpha value is -0.610. The van der Waals surface area contributed by atoms with Crippen molar-refractivity contribution in [3.63, 3.8) is 0 Å². The zero-order valence-electron chi connectivity index (χ0n) is 6.70. The maximum Gasteiger partial charge on any atom is 0.305 e. The summed E-state index contributed by atoms with van der Waals surface area (Å²) in [6.07, 6.45) is 0.0643. The summed E-state index contributed by atoms with van der Waals surface area (Å²) in [6.45, 7) is 3.64. The van der Waals surface area contributed by atoms with E-state index in [0.717, 1.165) is 6.42 Å². The highest BCUT2D eigenvalue weighted by Gasteiger charge is 2.26. The van der Waals surface area contributed by atoms with Gasteiger partial charge in [-0.15, -0.1) is 0 Å². The van der Waals surface area contributed by atoms with E-state index in [4.69, 9.17) is 14.2 Å². The van der Waals surface area contributed by atoms with Gasteiger partial charge in [0.2, 0.25) is 6.29 Å². The molecule has 0 aromatic rings. The Morgan fingerprint density at radius 1 is 1.73 bits per heavy atom. The molecule has 2 unspecified atom stereocenters. The Kier molecular flexibility index (Phi) is 2.84. The molecule has 0 N–H and O–H groups in total. The van der Waals surface area contributed by atoms with Crippen LogP contribution in [0.1, 0.15) is 20.3 Å². The molecule has 1 aliphatic heterocycles. The lowest BCUT2D eigenvalue weighted by molar-refractivity contribution is -0.173. The van der Waals surface area contributed by atoms with Crippen LogP contribution in [-0.4, -0.2) is 25.2 Å². The number of rotatable bonds is 2. The summed E-state index contributed by atoms with van der Waals surface area (Å²) >= 11 is 0. The zero-order valence-corrected chi connectivity index (χ0v) is 6.70. The normalized spacial score (nSPS) is 30.4. The third kappa shape index (κ3) is 2.48. The van der Waals surface area contributed by atoms with Crippen LogP contribution < -0.4 is 0 Å². The molecule has 0 aromatic carbocycles. The standard InChI is InChI=1S/C7H12O4/c1-3-6-9-4-7(11-6)10-5(2)8/h6-7H,3-4H2,1-2H3. The summed E-state index contributed by atoms with van der Waals surface area (Å²) in [5.74, 6) is -0.338. The second kappa shape index (κ2) is 3.69. The zero-order chi connectivity index (χ0) is 8.27. The summed E-state index contributed by atoms with van der Waals surface area (Å²) in [6, 6.07) is 0. The first-order valence-corrected chi connectivity index (χ1v) is 3.66. The van der Waals surface area contributed by atoms with Gasteiger partial charge in [-0.05, 0) is 6.42 Å². The van der Waals surface area contributed by atoms with E-state index in [2.05, 4.69) is 0 Å². The van der Waals surface area contributed by atoms with Crippen LogP contribution in [0.2, 0.25) is 0 Å². The minimum absolute atomic E-state index is 0.209. The van der Waals surface area contributed by atoms with Gasteiger partial charge in [0.1, 0.15) is 6.61 Å². The molecule has 0 saturated carbocycles. The van der Waals surface area contributed by atoms with Crippen LogP contribution in [0, 0.1) is 0 Å². The van der Waals surface area contributed by atoms with E-state index in [-0.39, 0.29) is 12.3 Å². The van der Waals surface area contributed by atoms with Crippen molar-refractivity contribution in [3.05, 3.63) is 0 Å². The van der Waals surface area contributed by atoms with Crippen LogP contribution in [0.5, 0.6) is 0 Å². The van der Waals surface area contributed by atoms with Crippen molar-refractivity contribution in [2.24, 2.45) is 0 Å². The largest absolute Gasteiger partial charge is 0.433 e. The SMILES string of the molecule is CCC1OCC(OC(C)=O)O1. The van der Waals surface area contributed by atoms with Gasteiger partial charge in [-0.1, -0.05) is 6.92 Å². The molecule has 0 bridgehead atoms. The van der Waals surface area contributed by atoms with Crippen molar-refractivity contribution in [1.29, 1.82) is 0 Å². The molecule has 1 saturated heterocycles. The summed E-state index contributed by atoms with van der Waals surface area (Å²) in [5, 5.41) is 0. The average Bonchev–Trinajstić information content (AvgIpc) is 2.34. The molecule has 4 heteroatoms. The molecule has 64 valence electrons. The average molecular weight is 160 g/mol. The Balaban J connectivity index is 2.24. The molecule has 2 atom stereocenters. The number of ether oxygens (including phenoxy) is 3. The van der Waals surface area contributed by atoms with Crippen LogP contribution in [-0.2, 0) is 19.0 Å². The first-order chi connectivity index (χ1) is 5.22. The van der Waals surface area contributed by atoms with E-state index in [1.54, 1.807) is 0 Å². The van der Waals surface area contributed by atoms with Gasteiger partial charge in [-0.25, -0.2) is 0 Å². The number of hydrogen-bond donors (Lipinski definition) is 0. The molecule has 1 aliphatic rings. The Morgan fingerprint density at radius 3 is 2.91 bits per heavy atom. The Labute approximate surface area is 65.4 Å². The molecule has 0 spiro atoms. The predicted molar refractivity (Wildman–Crippen MR) is 36.7 cm³/mol. The molecule has 1 rings (SSSR count). The minimum atomic E-state index is -0.502. The van der Waals surface area contributed by atoms with E-state index in [1.165, 1.54) is 6.92 Å². The minimum Gasteiger partial charge on any atom is -0.433 e. The van der Waals surface area contributed by atoms with Crippen molar-refractivity contribution in [3.8, 4) is 0 Å². The fraction of sp³-hybridized carbons (Fsp3) is 0.857. The van der Waals surface area contributed by atoms with E-state index < -0.39 is 6.29 Å². The fourth-order valence-electron chi connectivity index (χ4n) is 0.895. The Morgan fingerprint density at radius 2 is 2.45 bits per heavy atom. The summed E-state index contributed by atoms with van der Waals surface area (Å²) in [4.78, 5) is 10.4. The molecule has 4 nitrogen and oxygen atoms in total. The number of carbonyl (C=O) groups excluding carboxylic acids is 1. The van der Waals surface area contributed by atoms with Gasteiger partial charge in [0, 0.05) is 6.92 Å². The van der Waals surface area contributed by atoms with Crippen molar-refractivity contribution in [2.45, 2.75) is 32.8 Å². The van der Waals surface area contributed by atoms with Gasteiger partial charge < -0.3 is 14.2 Å². The highest BCUT2D eigenvalue weighted by molar-refractivity contribution is 5.66. The first-order valence-electron chi connectivity index (χ1n) is 3.66. The highest BCUT2D eigenvalue weighted by Crippen LogP contribution is 2.14. The number of esters is 1. The molecule has 0 radical (unpaired) electrons. The van der Waals surface area contributed by atoms with E-state index in [0.29, 0.717) is 6.61 Å². The summed E-state index contributed by atoms with van der Waals surface area (Å²) in [7, 11) is 0. The van der Waals surface area contributed by atoms with Gasteiger partial charge in [0.25, 0.3) is 0 Å². The monoisotopic (exact) mass is 160 g/mol. The molecule has 0 aromatic heterocycles. The lowest BCUT2D eigenvalue weighted by Crippen LogP contribution is -2.18. The van der Waals surface area contributed by atoms with Crippen LogP contribution in [0.4, 0.5) is 0 Å². The third-order valence-corrected chi connectivity index (χ3v) is 1.35. The van der Waals surface area contributed by atoms with Crippen LogP contribution in [0.15, 0.2) is 0 Å². The van der Waals surface area contributed by atoms with Crippen molar-refractivity contribution in [2.75, 3.05) is 6.61 Å². The Bertz CT molecular complexity index is 145. The van der Waals surface area contributed by atoms with Crippen LogP contribution >= 0.6 is 0 Å². The number of hydrogen-bond acceptors (Lipinski definition) is 4. The second-order valence-corrected chi connectivity index (χ2v) is 2.35. The van der Waals surface area contributed by atoms with E-state index in [9.17, 15) is 4.79 Å². The third-order valence-electron chi connectivity index (χ3n) is 1.35. The lowest BCUT2D eigenvalue weighted by Gasteiger charge is -2.08. The smallest absolute Gasteiger partial charge is 0.305 e. The van der Waals surface area contributed by atoms with Crippen molar-refractivity contribution in [1.82, 2.24) is 0 Å². The molecule has 0 amide bonds. The predicted octanol–water partition coefficient (Wildman–Crippen LogP) is 0.659. The fourth-order valence-corrected chi connectivity index (χ4v) is 0.895. The lowest BCUT2D eigenvalue weighted by atomic mass is 10.5. The summed E-state index contributed by atoms with van der Waals surface area (Å²) < 4.78 is 15.0. The molecule has 11 heavy (non-hydrogen) atoms. The maximum absolute atomic E-state index is 10.4. The highest BCUT2D eigenvalue weighted by atomic mass is 16.8. The first kappa shape index (κ1) is 8.49. The number of carbonyl (C=O) groups is 1. The van der Waals surface area contributed by atoms with Gasteiger partial charge in [0.15, 0.2) is 6.29 Å². The molecular weight excluding hydrogens is 148 g/mol. The van der Waals surface area contributed by atoms with E-state index in [1.807, 2.05) is 6.92 Å². The molecule has 1 heterocycles. The van der Waals surface area contributed by atoms with Crippen LogP contribution in [0.3, 0.4) is 0 Å². The maximum atomic E-state index is 10.4. The summed E-state index contributed by atoms with van der Waals surface area (Å²) in [5.41, 5.74) is 0. The topological polar surface area (TPSA) is 44.8 Å². The molecule has 0 aliphatic carbocycles. The van der Waals surface area contributed by atoms with Crippen LogP contribution in [0.25, 0.3) is 0 Å². The molecule has 1 fully saturated rings. The van der Waals surface area contributed by atoms with Gasteiger partial charge in [-0.2, -0.15) is 0 Å². The van der Waals surface area contributed by atoms with Crippen molar-refractivity contribution >= 4 is 5.97 Å². The van der Waals surface area contributed by atoms with Gasteiger partial charge >= 0.3 is 5.97 Å². The van der Waals surface area contributed by atoms with Gasteiger partial charge in [-0.3, -0.25) is 4.79 Å². The van der Waals surface area contributed by atoms with E-state index >= 15 is 0 Å². The second-order valence-electron chi connectivity index (χ2n) is 2.35. The van der Waals surface area contributed by atoms with Gasteiger partial charge in [0.05, 0.1) is 0 Å².